The van der Waals surface area contributed by atoms with E-state index in [0.29, 0.717) is 28.6 Å². The summed E-state index contributed by atoms with van der Waals surface area (Å²) in [5.41, 5.74) is 3.14. The molecule has 0 aliphatic carbocycles. The first-order chi connectivity index (χ1) is 17.2. The van der Waals surface area contributed by atoms with Crippen molar-refractivity contribution in [1.82, 2.24) is 14.3 Å². The van der Waals surface area contributed by atoms with Crippen molar-refractivity contribution in [3.8, 4) is 5.69 Å². The molecular weight excluding hydrogens is 487 g/mol. The first-order valence-electron chi connectivity index (χ1n) is 11.3. The highest BCUT2D eigenvalue weighted by Gasteiger charge is 2.20. The van der Waals surface area contributed by atoms with Gasteiger partial charge in [0.15, 0.2) is 5.78 Å². The zero-order valence-corrected chi connectivity index (χ0v) is 20.7. The van der Waals surface area contributed by atoms with Crippen LogP contribution < -0.4 is 5.32 Å². The van der Waals surface area contributed by atoms with Crippen LogP contribution in [0.3, 0.4) is 0 Å². The molecule has 0 saturated heterocycles. The standard InChI is InChI=1S/C26H24ClFN4O4/c1-4-5-24(33)19-12-29-32(15(19)2)17-8-6-16(7-9-17)30-26(35)20-13-31(14-25(34)36-3)23-11-22(28)21(27)10-18(20)23/h6-13H,4-5,14H2,1-3H3,(H,30,35). The van der Waals surface area contributed by atoms with Crippen LogP contribution in [0.1, 0.15) is 46.2 Å². The lowest BCUT2D eigenvalue weighted by atomic mass is 10.1. The van der Waals surface area contributed by atoms with Crippen LogP contribution >= 0.6 is 11.6 Å². The van der Waals surface area contributed by atoms with Gasteiger partial charge in [0.05, 0.1) is 46.4 Å². The van der Waals surface area contributed by atoms with Crippen LogP contribution in [-0.4, -0.2) is 39.1 Å². The van der Waals surface area contributed by atoms with E-state index in [4.69, 9.17) is 16.3 Å². The summed E-state index contributed by atoms with van der Waals surface area (Å²) in [4.78, 5) is 37.2. The molecule has 186 valence electrons. The van der Waals surface area contributed by atoms with Gasteiger partial charge in [-0.15, -0.1) is 0 Å². The minimum atomic E-state index is -0.663. The van der Waals surface area contributed by atoms with Crippen molar-refractivity contribution in [2.24, 2.45) is 0 Å². The Morgan fingerprint density at radius 2 is 1.86 bits per heavy atom. The number of anilines is 1. The summed E-state index contributed by atoms with van der Waals surface area (Å²) in [6.45, 7) is 3.60. The van der Waals surface area contributed by atoms with Gasteiger partial charge < -0.3 is 14.6 Å². The number of rotatable bonds is 8. The summed E-state index contributed by atoms with van der Waals surface area (Å²) in [5, 5.41) is 7.41. The predicted molar refractivity (Wildman–Crippen MR) is 134 cm³/mol. The molecule has 0 aliphatic heterocycles. The van der Waals surface area contributed by atoms with Crippen LogP contribution in [0, 0.1) is 12.7 Å². The average Bonchev–Trinajstić information content (AvgIpc) is 3.40. The number of carbonyl (C=O) groups excluding carboxylic acids is 3. The minimum Gasteiger partial charge on any atom is -0.468 e. The van der Waals surface area contributed by atoms with Gasteiger partial charge in [-0.2, -0.15) is 5.10 Å². The highest BCUT2D eigenvalue weighted by Crippen LogP contribution is 2.28. The number of methoxy groups -OCH3 is 1. The van der Waals surface area contributed by atoms with E-state index in [1.54, 1.807) is 35.1 Å². The Kier molecular flexibility index (Phi) is 7.21. The van der Waals surface area contributed by atoms with Gasteiger partial charge in [0.1, 0.15) is 12.4 Å². The Labute approximate surface area is 211 Å². The molecule has 0 bridgehead atoms. The molecule has 0 atom stereocenters. The lowest BCUT2D eigenvalue weighted by Crippen LogP contribution is -2.13. The van der Waals surface area contributed by atoms with Crippen LogP contribution in [0.15, 0.2) is 48.8 Å². The summed E-state index contributed by atoms with van der Waals surface area (Å²) < 4.78 is 21.9. The molecule has 0 aliphatic rings. The number of fused-ring (bicyclic) bond motifs is 1. The van der Waals surface area contributed by atoms with Gasteiger partial charge in [0, 0.05) is 23.7 Å². The van der Waals surface area contributed by atoms with E-state index in [-0.39, 0.29) is 22.9 Å². The van der Waals surface area contributed by atoms with Gasteiger partial charge in [-0.25, -0.2) is 9.07 Å². The number of nitrogens with zero attached hydrogens (tertiary/aromatic N) is 3. The second-order valence-corrected chi connectivity index (χ2v) is 8.67. The van der Waals surface area contributed by atoms with E-state index in [9.17, 15) is 18.8 Å². The number of carbonyl (C=O) groups is 3. The number of nitrogens with one attached hydrogen (secondary N) is 1. The summed E-state index contributed by atoms with van der Waals surface area (Å²) in [6.07, 6.45) is 4.26. The topological polar surface area (TPSA) is 95.2 Å². The largest absolute Gasteiger partial charge is 0.468 e. The van der Waals surface area contributed by atoms with E-state index in [1.165, 1.54) is 30.0 Å². The smallest absolute Gasteiger partial charge is 0.325 e. The highest BCUT2D eigenvalue weighted by atomic mass is 35.5. The molecule has 0 saturated carbocycles. The van der Waals surface area contributed by atoms with E-state index in [0.717, 1.165) is 17.8 Å². The Balaban J connectivity index is 1.59. The third-order valence-corrected chi connectivity index (χ3v) is 6.14. The van der Waals surface area contributed by atoms with Crippen LogP contribution in [0.25, 0.3) is 16.6 Å². The second-order valence-electron chi connectivity index (χ2n) is 8.26. The maximum absolute atomic E-state index is 14.1. The molecule has 4 rings (SSSR count). The van der Waals surface area contributed by atoms with Crippen molar-refractivity contribution in [3.63, 3.8) is 0 Å². The number of ether oxygens (including phenoxy) is 1. The van der Waals surface area contributed by atoms with E-state index in [2.05, 4.69) is 10.4 Å². The molecule has 2 aromatic heterocycles. The lowest BCUT2D eigenvalue weighted by molar-refractivity contribution is -0.141. The maximum atomic E-state index is 14.1. The fourth-order valence-corrected chi connectivity index (χ4v) is 4.15. The molecule has 2 heterocycles. The molecule has 0 fully saturated rings. The molecule has 36 heavy (non-hydrogen) atoms. The Hall–Kier alpha value is -3.98. The summed E-state index contributed by atoms with van der Waals surface area (Å²) in [5.74, 6) is -1.61. The molecule has 1 N–H and O–H groups in total. The summed E-state index contributed by atoms with van der Waals surface area (Å²) >= 11 is 5.96. The van der Waals surface area contributed by atoms with Crippen molar-refractivity contribution in [1.29, 1.82) is 0 Å². The maximum Gasteiger partial charge on any atom is 0.325 e. The van der Waals surface area contributed by atoms with Crippen LogP contribution in [0.2, 0.25) is 5.02 Å². The number of Topliss-reactive ketones (excluding diaryl/α,β-unsaturated/α-hetero) is 1. The zero-order chi connectivity index (χ0) is 26.0. The lowest BCUT2D eigenvalue weighted by Gasteiger charge is -2.08. The molecular formula is C26H24ClFN4O4. The number of halogens is 2. The summed E-state index contributed by atoms with van der Waals surface area (Å²) in [7, 11) is 1.25. The fourth-order valence-electron chi connectivity index (χ4n) is 3.99. The van der Waals surface area contributed by atoms with Crippen molar-refractivity contribution >= 4 is 45.9 Å². The number of hydrogen-bond acceptors (Lipinski definition) is 5. The number of aromatic nitrogens is 3. The fraction of sp³-hybridized carbons (Fsp3) is 0.231. The number of ketones is 1. The molecule has 1 amide bonds. The van der Waals surface area contributed by atoms with Crippen molar-refractivity contribution in [2.45, 2.75) is 33.2 Å². The first kappa shape index (κ1) is 25.1. The molecule has 8 nitrogen and oxygen atoms in total. The molecule has 0 unspecified atom stereocenters. The first-order valence-corrected chi connectivity index (χ1v) is 11.7. The third-order valence-electron chi connectivity index (χ3n) is 5.85. The van der Waals surface area contributed by atoms with Gasteiger partial charge >= 0.3 is 5.97 Å². The number of amides is 1. The second kappa shape index (κ2) is 10.3. The molecule has 0 spiro atoms. The Morgan fingerprint density at radius 1 is 1.14 bits per heavy atom. The van der Waals surface area contributed by atoms with E-state index in [1.807, 2.05) is 13.8 Å². The average molecular weight is 511 g/mol. The Morgan fingerprint density at radius 3 is 2.53 bits per heavy atom. The van der Waals surface area contributed by atoms with Gasteiger partial charge in [-0.1, -0.05) is 18.5 Å². The van der Waals surface area contributed by atoms with Crippen molar-refractivity contribution in [2.75, 3.05) is 12.4 Å². The highest BCUT2D eigenvalue weighted by molar-refractivity contribution is 6.31. The predicted octanol–water partition coefficient (Wildman–Crippen LogP) is 5.34. The molecule has 0 radical (unpaired) electrons. The third kappa shape index (κ3) is 4.87. The molecule has 10 heteroatoms. The van der Waals surface area contributed by atoms with Gasteiger partial charge in [0.2, 0.25) is 0 Å². The zero-order valence-electron chi connectivity index (χ0n) is 20.0. The Bertz CT molecular complexity index is 1470. The minimum absolute atomic E-state index is 0.0523. The molecule has 2 aromatic carbocycles. The quantitative estimate of drug-likeness (QED) is 0.255. The normalized spacial score (nSPS) is 11.0. The van der Waals surface area contributed by atoms with Crippen LogP contribution in [-0.2, 0) is 16.1 Å². The SMILES string of the molecule is CCCC(=O)c1cnn(-c2ccc(NC(=O)c3cn(CC(=O)OC)c4cc(F)c(Cl)cc34)cc2)c1C. The number of hydrogen-bond donors (Lipinski definition) is 1. The van der Waals surface area contributed by atoms with Gasteiger partial charge in [-0.05, 0) is 49.7 Å². The summed E-state index contributed by atoms with van der Waals surface area (Å²) in [6, 6.07) is 9.51. The van der Waals surface area contributed by atoms with E-state index < -0.39 is 17.7 Å². The van der Waals surface area contributed by atoms with Crippen LogP contribution in [0.4, 0.5) is 10.1 Å². The van der Waals surface area contributed by atoms with Gasteiger partial charge in [-0.3, -0.25) is 14.4 Å². The van der Waals surface area contributed by atoms with E-state index >= 15 is 0 Å². The monoisotopic (exact) mass is 510 g/mol. The van der Waals surface area contributed by atoms with Gasteiger partial charge in [0.25, 0.3) is 5.91 Å². The number of benzene rings is 2. The number of esters is 1. The van der Waals surface area contributed by atoms with Crippen LogP contribution in [0.5, 0.6) is 0 Å². The van der Waals surface area contributed by atoms with Crippen molar-refractivity contribution in [3.05, 3.63) is 76.5 Å². The molecule has 4 aromatic rings. The van der Waals surface area contributed by atoms with Crippen molar-refractivity contribution < 1.29 is 23.5 Å².